The summed E-state index contributed by atoms with van der Waals surface area (Å²) in [5.74, 6) is 0. The number of hydrogen-bond acceptors (Lipinski definition) is 4. The highest BCUT2D eigenvalue weighted by molar-refractivity contribution is 7.78. The van der Waals surface area contributed by atoms with Gasteiger partial charge in [0, 0.05) is 0 Å². The SMILES string of the molecule is CC(C)(C)OC(=O)N[C@H]1CCCC[C@@H]1N=C=S. The smallest absolute Gasteiger partial charge is 0.407 e. The van der Waals surface area contributed by atoms with Crippen LogP contribution in [-0.4, -0.2) is 28.9 Å². The van der Waals surface area contributed by atoms with Gasteiger partial charge in [0.05, 0.1) is 17.2 Å². The molecule has 2 atom stereocenters. The van der Waals surface area contributed by atoms with Crippen molar-refractivity contribution < 1.29 is 9.53 Å². The van der Waals surface area contributed by atoms with E-state index in [1.807, 2.05) is 20.8 Å². The van der Waals surface area contributed by atoms with Gasteiger partial charge in [-0.15, -0.1) is 0 Å². The number of isothiocyanates is 1. The van der Waals surface area contributed by atoms with Crippen LogP contribution in [0, 0.1) is 0 Å². The van der Waals surface area contributed by atoms with Crippen LogP contribution in [0.4, 0.5) is 4.79 Å². The number of alkyl carbamates (subject to hydrolysis) is 1. The van der Waals surface area contributed by atoms with Crippen LogP contribution in [0.1, 0.15) is 46.5 Å². The molecule has 96 valence electrons. The molecule has 1 N–H and O–H groups in total. The van der Waals surface area contributed by atoms with Crippen LogP contribution in [0.5, 0.6) is 0 Å². The molecule has 0 bridgehead atoms. The lowest BCUT2D eigenvalue weighted by Crippen LogP contribution is -2.46. The molecule has 1 amide bonds. The number of carbonyl (C=O) groups is 1. The molecule has 0 aromatic rings. The van der Waals surface area contributed by atoms with E-state index in [1.54, 1.807) is 0 Å². The molecule has 0 unspecified atom stereocenters. The van der Waals surface area contributed by atoms with Crippen LogP contribution >= 0.6 is 12.2 Å². The lowest BCUT2D eigenvalue weighted by atomic mass is 9.91. The molecule has 0 aliphatic heterocycles. The number of carbonyl (C=O) groups excluding carboxylic acids is 1. The van der Waals surface area contributed by atoms with Gasteiger partial charge in [0.1, 0.15) is 5.60 Å². The largest absolute Gasteiger partial charge is 0.444 e. The number of amides is 1. The van der Waals surface area contributed by atoms with Gasteiger partial charge in [-0.2, -0.15) is 0 Å². The van der Waals surface area contributed by atoms with Crippen LogP contribution in [0.3, 0.4) is 0 Å². The summed E-state index contributed by atoms with van der Waals surface area (Å²) in [6.45, 7) is 5.54. The summed E-state index contributed by atoms with van der Waals surface area (Å²) in [5.41, 5.74) is -0.471. The number of nitrogens with one attached hydrogen (secondary N) is 1. The Bertz CT molecular complexity index is 319. The molecule has 0 radical (unpaired) electrons. The van der Waals surface area contributed by atoms with E-state index >= 15 is 0 Å². The fourth-order valence-electron chi connectivity index (χ4n) is 1.96. The van der Waals surface area contributed by atoms with Crippen LogP contribution in [0.2, 0.25) is 0 Å². The average molecular weight is 256 g/mol. The van der Waals surface area contributed by atoms with E-state index in [0.29, 0.717) is 0 Å². The number of rotatable bonds is 2. The summed E-state index contributed by atoms with van der Waals surface area (Å²) in [4.78, 5) is 15.8. The molecular formula is C12H20N2O2S. The molecule has 0 heterocycles. The maximum absolute atomic E-state index is 11.7. The summed E-state index contributed by atoms with van der Waals surface area (Å²) >= 11 is 4.63. The molecule has 0 spiro atoms. The molecule has 4 nitrogen and oxygen atoms in total. The molecular weight excluding hydrogens is 236 g/mol. The molecule has 1 aliphatic carbocycles. The number of hydrogen-bond donors (Lipinski definition) is 1. The van der Waals surface area contributed by atoms with Crippen molar-refractivity contribution in [2.45, 2.75) is 64.1 Å². The molecule has 5 heteroatoms. The maximum atomic E-state index is 11.7. The van der Waals surface area contributed by atoms with Crippen LogP contribution < -0.4 is 5.32 Å². The van der Waals surface area contributed by atoms with Crippen molar-refractivity contribution in [2.24, 2.45) is 4.99 Å². The topological polar surface area (TPSA) is 50.7 Å². The predicted octanol–water partition coefficient (Wildman–Crippen LogP) is 2.93. The first-order chi connectivity index (χ1) is 7.92. The van der Waals surface area contributed by atoms with Gasteiger partial charge in [0.2, 0.25) is 0 Å². The van der Waals surface area contributed by atoms with Gasteiger partial charge >= 0.3 is 6.09 Å². The van der Waals surface area contributed by atoms with E-state index in [2.05, 4.69) is 27.7 Å². The Morgan fingerprint density at radius 2 is 2.06 bits per heavy atom. The first-order valence-electron chi connectivity index (χ1n) is 5.99. The van der Waals surface area contributed by atoms with E-state index in [4.69, 9.17) is 4.74 Å². The maximum Gasteiger partial charge on any atom is 0.407 e. The van der Waals surface area contributed by atoms with Crippen LogP contribution in [0.25, 0.3) is 0 Å². The fraction of sp³-hybridized carbons (Fsp3) is 0.833. The van der Waals surface area contributed by atoms with Gasteiger partial charge in [-0.05, 0) is 45.8 Å². The Kier molecular flexibility index (Phi) is 5.09. The fourth-order valence-corrected chi connectivity index (χ4v) is 2.10. The number of thiocarbonyl (C=S) groups is 1. The summed E-state index contributed by atoms with van der Waals surface area (Å²) in [6.07, 6.45) is 3.71. The van der Waals surface area contributed by atoms with E-state index < -0.39 is 5.60 Å². The third kappa shape index (κ3) is 5.29. The third-order valence-electron chi connectivity index (χ3n) is 2.65. The van der Waals surface area contributed by atoms with Gasteiger partial charge in [0.25, 0.3) is 0 Å². The Morgan fingerprint density at radius 3 is 2.65 bits per heavy atom. The number of aliphatic imine (C=N–C) groups is 1. The minimum absolute atomic E-state index is 0.0223. The summed E-state index contributed by atoms with van der Waals surface area (Å²) < 4.78 is 5.23. The van der Waals surface area contributed by atoms with E-state index in [-0.39, 0.29) is 18.2 Å². The van der Waals surface area contributed by atoms with Gasteiger partial charge in [-0.3, -0.25) is 0 Å². The van der Waals surface area contributed by atoms with Crippen molar-refractivity contribution in [1.29, 1.82) is 0 Å². The lowest BCUT2D eigenvalue weighted by Gasteiger charge is -2.29. The van der Waals surface area contributed by atoms with Gasteiger partial charge in [-0.1, -0.05) is 12.8 Å². The Balaban J connectivity index is 2.53. The van der Waals surface area contributed by atoms with Crippen molar-refractivity contribution in [2.75, 3.05) is 0 Å². The predicted molar refractivity (Wildman–Crippen MR) is 70.4 cm³/mol. The molecule has 1 fully saturated rings. The van der Waals surface area contributed by atoms with Crippen molar-refractivity contribution >= 4 is 23.5 Å². The average Bonchev–Trinajstić information content (AvgIpc) is 2.18. The van der Waals surface area contributed by atoms with E-state index in [0.717, 1.165) is 25.7 Å². The molecule has 17 heavy (non-hydrogen) atoms. The van der Waals surface area contributed by atoms with E-state index in [9.17, 15) is 4.79 Å². The van der Waals surface area contributed by atoms with Crippen LogP contribution in [0.15, 0.2) is 4.99 Å². The zero-order valence-corrected chi connectivity index (χ0v) is 11.5. The monoisotopic (exact) mass is 256 g/mol. The first-order valence-corrected chi connectivity index (χ1v) is 6.40. The standard InChI is InChI=1S/C12H20N2O2S/c1-12(2,3)16-11(15)14-10-7-5-4-6-9(10)13-8-17/h9-10H,4-7H2,1-3H3,(H,14,15)/t9-,10-/m0/s1. The quantitative estimate of drug-likeness (QED) is 0.610. The Labute approximate surface area is 108 Å². The van der Waals surface area contributed by atoms with Gasteiger partial charge in [0.15, 0.2) is 0 Å². The normalized spacial score (nSPS) is 24.6. The third-order valence-corrected chi connectivity index (χ3v) is 2.76. The second kappa shape index (κ2) is 6.12. The molecule has 1 saturated carbocycles. The lowest BCUT2D eigenvalue weighted by molar-refractivity contribution is 0.0486. The molecule has 1 aliphatic rings. The van der Waals surface area contributed by atoms with Crippen molar-refractivity contribution in [1.82, 2.24) is 5.32 Å². The van der Waals surface area contributed by atoms with Gasteiger partial charge < -0.3 is 10.1 Å². The number of nitrogens with zero attached hydrogens (tertiary/aromatic N) is 1. The Hall–Kier alpha value is -0.930. The Morgan fingerprint density at radius 1 is 1.41 bits per heavy atom. The minimum Gasteiger partial charge on any atom is -0.444 e. The molecule has 0 aromatic carbocycles. The molecule has 1 rings (SSSR count). The minimum atomic E-state index is -0.471. The molecule has 0 saturated heterocycles. The molecule has 0 aromatic heterocycles. The second-order valence-electron chi connectivity index (χ2n) is 5.32. The van der Waals surface area contributed by atoms with Crippen molar-refractivity contribution in [3.63, 3.8) is 0 Å². The highest BCUT2D eigenvalue weighted by Gasteiger charge is 2.27. The van der Waals surface area contributed by atoms with Crippen LogP contribution in [-0.2, 0) is 4.74 Å². The summed E-state index contributed by atoms with van der Waals surface area (Å²) in [7, 11) is 0. The summed E-state index contributed by atoms with van der Waals surface area (Å²) in [6, 6.07) is 0.0721. The van der Waals surface area contributed by atoms with Crippen molar-refractivity contribution in [3.05, 3.63) is 0 Å². The zero-order valence-electron chi connectivity index (χ0n) is 10.7. The second-order valence-corrected chi connectivity index (χ2v) is 5.51. The zero-order chi connectivity index (χ0) is 12.9. The highest BCUT2D eigenvalue weighted by Crippen LogP contribution is 2.21. The first kappa shape index (κ1) is 14.1. The highest BCUT2D eigenvalue weighted by atomic mass is 32.1. The van der Waals surface area contributed by atoms with E-state index in [1.165, 1.54) is 0 Å². The number of ether oxygens (including phenoxy) is 1. The van der Waals surface area contributed by atoms with Crippen molar-refractivity contribution in [3.8, 4) is 0 Å². The van der Waals surface area contributed by atoms with Gasteiger partial charge in [-0.25, -0.2) is 9.79 Å². The summed E-state index contributed by atoms with van der Waals surface area (Å²) in [5, 5.41) is 5.27.